The van der Waals surface area contributed by atoms with Gasteiger partial charge in [0, 0.05) is 22.1 Å². The van der Waals surface area contributed by atoms with Crippen molar-refractivity contribution in [3.8, 4) is 0 Å². The topological polar surface area (TPSA) is 64.8 Å². The lowest BCUT2D eigenvalue weighted by atomic mass is 9.75. The third-order valence-electron chi connectivity index (χ3n) is 4.29. The van der Waals surface area contributed by atoms with E-state index in [4.69, 9.17) is 10.7 Å². The van der Waals surface area contributed by atoms with Gasteiger partial charge < -0.3 is 0 Å². The highest BCUT2D eigenvalue weighted by atomic mass is 35.7. The van der Waals surface area contributed by atoms with Crippen LogP contribution in [0.15, 0.2) is 5.16 Å². The van der Waals surface area contributed by atoms with Crippen LogP contribution < -0.4 is 0 Å². The fourth-order valence-electron chi connectivity index (χ4n) is 3.07. The average Bonchev–Trinajstić information content (AvgIpc) is 3.06. The lowest BCUT2D eigenvalue weighted by molar-refractivity contribution is 0.291. The first kappa shape index (κ1) is 13.4. The molecule has 0 aliphatic heterocycles. The first-order valence-electron chi connectivity index (χ1n) is 6.82. The zero-order valence-corrected chi connectivity index (χ0v) is 12.5. The highest BCUT2D eigenvalue weighted by Crippen LogP contribution is 2.44. The Morgan fingerprint density at radius 1 is 1.21 bits per heavy atom. The van der Waals surface area contributed by atoms with Gasteiger partial charge in [-0.2, -0.15) is 0 Å². The molecule has 2 aliphatic rings. The molecule has 2 saturated carbocycles. The van der Waals surface area contributed by atoms with Crippen molar-refractivity contribution in [1.29, 1.82) is 0 Å². The van der Waals surface area contributed by atoms with Gasteiger partial charge >= 0.3 is 0 Å². The normalized spacial score (nSPS) is 23.5. The van der Waals surface area contributed by atoms with E-state index in [1.807, 2.05) is 0 Å². The average molecular weight is 304 g/mol. The van der Waals surface area contributed by atoms with Gasteiger partial charge in [0.25, 0.3) is 14.2 Å². The van der Waals surface area contributed by atoms with E-state index in [1.54, 1.807) is 4.57 Å². The number of hydrogen-bond donors (Lipinski definition) is 0. The molecule has 0 atom stereocenters. The van der Waals surface area contributed by atoms with Crippen LogP contribution in [0.2, 0.25) is 0 Å². The van der Waals surface area contributed by atoms with Gasteiger partial charge in [0.1, 0.15) is 5.82 Å². The Morgan fingerprint density at radius 3 is 2.37 bits per heavy atom. The van der Waals surface area contributed by atoms with E-state index < -0.39 is 9.05 Å². The highest BCUT2D eigenvalue weighted by Gasteiger charge is 2.41. The largest absolute Gasteiger partial charge is 0.297 e. The summed E-state index contributed by atoms with van der Waals surface area (Å²) in [5.41, 5.74) is -0.0618. The van der Waals surface area contributed by atoms with E-state index in [0.29, 0.717) is 0 Å². The Hall–Kier alpha value is -0.620. The van der Waals surface area contributed by atoms with Gasteiger partial charge in [-0.25, -0.2) is 8.42 Å². The fourth-order valence-corrected chi connectivity index (χ4v) is 4.00. The molecule has 0 spiro atoms. The minimum Gasteiger partial charge on any atom is -0.297 e. The molecule has 0 radical (unpaired) electrons. The number of halogens is 1. The molecule has 3 rings (SSSR count). The monoisotopic (exact) mass is 303 g/mol. The Kier molecular flexibility index (Phi) is 3.13. The number of hydrogen-bond acceptors (Lipinski definition) is 4. The lowest BCUT2D eigenvalue weighted by Crippen LogP contribution is -2.29. The van der Waals surface area contributed by atoms with Crippen molar-refractivity contribution in [2.75, 3.05) is 0 Å². The van der Waals surface area contributed by atoms with E-state index in [2.05, 4.69) is 17.1 Å². The summed E-state index contributed by atoms with van der Waals surface area (Å²) in [6.45, 7) is 2.17. The second kappa shape index (κ2) is 4.45. The zero-order valence-electron chi connectivity index (χ0n) is 11.0. The molecule has 19 heavy (non-hydrogen) atoms. The molecule has 1 heterocycles. The molecule has 0 bridgehead atoms. The van der Waals surface area contributed by atoms with Crippen molar-refractivity contribution >= 4 is 19.7 Å². The Morgan fingerprint density at radius 2 is 1.84 bits per heavy atom. The van der Waals surface area contributed by atoms with Crippen LogP contribution in [0.25, 0.3) is 0 Å². The van der Waals surface area contributed by atoms with E-state index in [0.717, 1.165) is 44.3 Å². The van der Waals surface area contributed by atoms with Crippen molar-refractivity contribution < 1.29 is 8.42 Å². The maximum Gasteiger partial charge on any atom is 0.296 e. The van der Waals surface area contributed by atoms with Crippen LogP contribution in [0.4, 0.5) is 0 Å². The fraction of sp³-hybridized carbons (Fsp3) is 0.833. The quantitative estimate of drug-likeness (QED) is 0.805. The second-order valence-electron chi connectivity index (χ2n) is 5.97. The maximum atomic E-state index is 11.6. The summed E-state index contributed by atoms with van der Waals surface area (Å²) < 4.78 is 25.0. The summed E-state index contributed by atoms with van der Waals surface area (Å²) in [7, 11) is 1.66. The van der Waals surface area contributed by atoms with Crippen molar-refractivity contribution in [3.05, 3.63) is 5.82 Å². The smallest absolute Gasteiger partial charge is 0.296 e. The summed E-state index contributed by atoms with van der Waals surface area (Å²) in [5, 5.41) is 7.98. The SMILES string of the molecule is CC1(c2nnc(S(=O)(=O)Cl)n2C2CC2)CCCCC1. The lowest BCUT2D eigenvalue weighted by Gasteiger charge is -2.32. The van der Waals surface area contributed by atoms with Crippen LogP contribution in [-0.2, 0) is 14.5 Å². The molecular weight excluding hydrogens is 286 g/mol. The van der Waals surface area contributed by atoms with Gasteiger partial charge in [0.15, 0.2) is 0 Å². The molecule has 7 heteroatoms. The molecule has 5 nitrogen and oxygen atoms in total. The summed E-state index contributed by atoms with van der Waals surface area (Å²) in [4.78, 5) is 0. The molecular formula is C12H18ClN3O2S. The van der Waals surface area contributed by atoms with Crippen molar-refractivity contribution in [2.24, 2.45) is 0 Å². The molecule has 2 fully saturated rings. The van der Waals surface area contributed by atoms with Gasteiger partial charge in [0.2, 0.25) is 0 Å². The predicted molar refractivity (Wildman–Crippen MR) is 71.8 cm³/mol. The standard InChI is InChI=1S/C12H18ClN3O2S/c1-12(7-3-2-4-8-12)10-14-15-11(19(13,17)18)16(10)9-5-6-9/h9H,2-8H2,1H3. The first-order chi connectivity index (χ1) is 8.92. The first-order valence-corrected chi connectivity index (χ1v) is 9.13. The second-order valence-corrected chi connectivity index (χ2v) is 8.43. The van der Waals surface area contributed by atoms with Crippen molar-refractivity contribution in [2.45, 2.75) is 68.5 Å². The minimum absolute atomic E-state index is 0.0618. The molecule has 1 aromatic rings. The van der Waals surface area contributed by atoms with Gasteiger partial charge in [-0.1, -0.05) is 26.2 Å². The van der Waals surface area contributed by atoms with Crippen LogP contribution in [0, 0.1) is 0 Å². The number of nitrogens with zero attached hydrogens (tertiary/aromatic N) is 3. The van der Waals surface area contributed by atoms with Crippen LogP contribution in [0.1, 0.15) is 63.7 Å². The molecule has 0 saturated heterocycles. The maximum absolute atomic E-state index is 11.6. The number of aromatic nitrogens is 3. The Balaban J connectivity index is 2.09. The van der Waals surface area contributed by atoms with Crippen molar-refractivity contribution in [1.82, 2.24) is 14.8 Å². The summed E-state index contributed by atoms with van der Waals surface area (Å²) in [6, 6.07) is 0.215. The van der Waals surface area contributed by atoms with Crippen LogP contribution >= 0.6 is 10.7 Å². The van der Waals surface area contributed by atoms with E-state index in [-0.39, 0.29) is 16.6 Å². The van der Waals surface area contributed by atoms with Crippen LogP contribution in [0.3, 0.4) is 0 Å². The van der Waals surface area contributed by atoms with Crippen LogP contribution in [-0.4, -0.2) is 23.2 Å². The van der Waals surface area contributed by atoms with Gasteiger partial charge in [-0.15, -0.1) is 10.2 Å². The predicted octanol–water partition coefficient (Wildman–Crippen LogP) is 2.76. The summed E-state index contributed by atoms with van der Waals surface area (Å²) in [6.07, 6.45) is 7.63. The molecule has 106 valence electrons. The molecule has 0 N–H and O–H groups in total. The van der Waals surface area contributed by atoms with E-state index >= 15 is 0 Å². The highest BCUT2D eigenvalue weighted by molar-refractivity contribution is 8.13. The van der Waals surface area contributed by atoms with E-state index in [1.165, 1.54) is 6.42 Å². The molecule has 2 aliphatic carbocycles. The molecule has 0 unspecified atom stereocenters. The summed E-state index contributed by atoms with van der Waals surface area (Å²) >= 11 is 0. The van der Waals surface area contributed by atoms with Gasteiger partial charge in [-0.3, -0.25) is 4.57 Å². The molecule has 0 aromatic carbocycles. The number of rotatable bonds is 3. The Bertz CT molecular complexity index is 586. The van der Waals surface area contributed by atoms with Gasteiger partial charge in [0.05, 0.1) is 0 Å². The minimum atomic E-state index is -3.82. The Labute approximate surface area is 117 Å². The third-order valence-corrected chi connectivity index (χ3v) is 5.42. The van der Waals surface area contributed by atoms with Crippen LogP contribution in [0.5, 0.6) is 0 Å². The molecule has 0 amide bonds. The zero-order chi connectivity index (χ0) is 13.7. The molecule has 1 aromatic heterocycles. The van der Waals surface area contributed by atoms with Crippen molar-refractivity contribution in [3.63, 3.8) is 0 Å². The van der Waals surface area contributed by atoms with Gasteiger partial charge in [-0.05, 0) is 25.7 Å². The summed E-state index contributed by atoms with van der Waals surface area (Å²) in [5.74, 6) is 0.814. The third kappa shape index (κ3) is 2.40. The van der Waals surface area contributed by atoms with E-state index in [9.17, 15) is 8.42 Å².